The molecule has 0 aliphatic heterocycles. The van der Waals surface area contributed by atoms with Crippen LogP contribution in [-0.2, 0) is 6.54 Å². The molecular formula is C15H21N3O2. The number of ether oxygens (including phenoxy) is 1. The van der Waals surface area contributed by atoms with Gasteiger partial charge in [0.15, 0.2) is 0 Å². The standard InChI is InChI=1S/C15H21N3O2/c1-5-11(4)19-14-9(2)6-12(7-10(14)3)15-17-13(8-16)20-18-15/h6-7,11H,5,8,16H2,1-4H3. The molecule has 1 unspecified atom stereocenters. The molecular weight excluding hydrogens is 254 g/mol. The zero-order valence-corrected chi connectivity index (χ0v) is 12.4. The van der Waals surface area contributed by atoms with Gasteiger partial charge in [0.2, 0.25) is 11.7 Å². The van der Waals surface area contributed by atoms with Crippen LogP contribution in [0.3, 0.4) is 0 Å². The van der Waals surface area contributed by atoms with Gasteiger partial charge < -0.3 is 15.0 Å². The summed E-state index contributed by atoms with van der Waals surface area (Å²) >= 11 is 0. The van der Waals surface area contributed by atoms with Crippen molar-refractivity contribution in [1.82, 2.24) is 10.1 Å². The summed E-state index contributed by atoms with van der Waals surface area (Å²) in [5.41, 5.74) is 8.53. The fourth-order valence-corrected chi connectivity index (χ4v) is 2.00. The Balaban J connectivity index is 2.34. The zero-order chi connectivity index (χ0) is 14.7. The molecule has 0 radical (unpaired) electrons. The highest BCUT2D eigenvalue weighted by molar-refractivity contribution is 5.61. The van der Waals surface area contributed by atoms with E-state index in [9.17, 15) is 0 Å². The summed E-state index contributed by atoms with van der Waals surface area (Å²) in [6, 6.07) is 4.02. The van der Waals surface area contributed by atoms with Crippen molar-refractivity contribution in [3.8, 4) is 17.1 Å². The third-order valence-electron chi connectivity index (χ3n) is 3.26. The van der Waals surface area contributed by atoms with Gasteiger partial charge in [0.1, 0.15) is 5.75 Å². The van der Waals surface area contributed by atoms with E-state index in [2.05, 4.69) is 24.0 Å². The van der Waals surface area contributed by atoms with Crippen LogP contribution in [-0.4, -0.2) is 16.2 Å². The lowest BCUT2D eigenvalue weighted by Crippen LogP contribution is -2.11. The molecule has 2 N–H and O–H groups in total. The molecule has 20 heavy (non-hydrogen) atoms. The summed E-state index contributed by atoms with van der Waals surface area (Å²) in [7, 11) is 0. The predicted molar refractivity (Wildman–Crippen MR) is 77.5 cm³/mol. The van der Waals surface area contributed by atoms with Crippen molar-refractivity contribution in [2.75, 3.05) is 0 Å². The molecule has 0 spiro atoms. The molecule has 1 heterocycles. The summed E-state index contributed by atoms with van der Waals surface area (Å²) in [5, 5.41) is 3.94. The molecule has 108 valence electrons. The molecule has 1 aromatic heterocycles. The van der Waals surface area contributed by atoms with Gasteiger partial charge in [0.25, 0.3) is 0 Å². The van der Waals surface area contributed by atoms with Crippen molar-refractivity contribution in [2.45, 2.75) is 46.8 Å². The Morgan fingerprint density at radius 2 is 1.95 bits per heavy atom. The van der Waals surface area contributed by atoms with Crippen LogP contribution in [0.25, 0.3) is 11.4 Å². The minimum absolute atomic E-state index is 0.201. The summed E-state index contributed by atoms with van der Waals surface area (Å²) in [4.78, 5) is 4.24. The van der Waals surface area contributed by atoms with Gasteiger partial charge in [-0.1, -0.05) is 12.1 Å². The van der Waals surface area contributed by atoms with E-state index in [-0.39, 0.29) is 12.6 Å². The fourth-order valence-electron chi connectivity index (χ4n) is 2.00. The van der Waals surface area contributed by atoms with E-state index in [1.165, 1.54) is 0 Å². The Morgan fingerprint density at radius 3 is 2.45 bits per heavy atom. The number of nitrogens with two attached hydrogens (primary N) is 1. The first-order valence-electron chi connectivity index (χ1n) is 6.86. The predicted octanol–water partition coefficient (Wildman–Crippen LogP) is 2.99. The first-order chi connectivity index (χ1) is 9.55. The van der Waals surface area contributed by atoms with Gasteiger partial charge in [-0.25, -0.2) is 0 Å². The molecule has 1 atom stereocenters. The average molecular weight is 275 g/mol. The number of aryl methyl sites for hydroxylation is 2. The van der Waals surface area contributed by atoms with Crippen molar-refractivity contribution in [3.05, 3.63) is 29.2 Å². The largest absolute Gasteiger partial charge is 0.490 e. The normalized spacial score (nSPS) is 12.4. The van der Waals surface area contributed by atoms with E-state index in [1.54, 1.807) is 0 Å². The Kier molecular flexibility index (Phi) is 4.39. The van der Waals surface area contributed by atoms with Gasteiger partial charge in [0.05, 0.1) is 12.6 Å². The molecule has 5 heteroatoms. The van der Waals surface area contributed by atoms with Crippen molar-refractivity contribution in [3.63, 3.8) is 0 Å². The van der Waals surface area contributed by atoms with Crippen LogP contribution in [0.5, 0.6) is 5.75 Å². The van der Waals surface area contributed by atoms with Gasteiger partial charge in [-0.3, -0.25) is 0 Å². The molecule has 5 nitrogen and oxygen atoms in total. The molecule has 0 amide bonds. The van der Waals surface area contributed by atoms with Crippen LogP contribution >= 0.6 is 0 Å². The number of hydrogen-bond acceptors (Lipinski definition) is 5. The summed E-state index contributed by atoms with van der Waals surface area (Å²) in [5.74, 6) is 1.94. The minimum Gasteiger partial charge on any atom is -0.490 e. The van der Waals surface area contributed by atoms with Gasteiger partial charge in [-0.15, -0.1) is 0 Å². The van der Waals surface area contributed by atoms with Crippen molar-refractivity contribution >= 4 is 0 Å². The minimum atomic E-state index is 0.201. The smallest absolute Gasteiger partial charge is 0.240 e. The van der Waals surface area contributed by atoms with E-state index in [0.29, 0.717) is 11.7 Å². The van der Waals surface area contributed by atoms with Crippen LogP contribution in [0.15, 0.2) is 16.7 Å². The number of hydrogen-bond donors (Lipinski definition) is 1. The fraction of sp³-hybridized carbons (Fsp3) is 0.467. The number of nitrogens with zero attached hydrogens (tertiary/aromatic N) is 2. The first kappa shape index (κ1) is 14.5. The molecule has 0 saturated carbocycles. The maximum Gasteiger partial charge on any atom is 0.240 e. The zero-order valence-electron chi connectivity index (χ0n) is 12.4. The highest BCUT2D eigenvalue weighted by Gasteiger charge is 2.13. The topological polar surface area (TPSA) is 74.2 Å². The van der Waals surface area contributed by atoms with Crippen LogP contribution < -0.4 is 10.5 Å². The molecule has 0 fully saturated rings. The van der Waals surface area contributed by atoms with Gasteiger partial charge in [-0.05, 0) is 50.5 Å². The molecule has 0 aliphatic carbocycles. The lowest BCUT2D eigenvalue weighted by atomic mass is 10.0. The van der Waals surface area contributed by atoms with E-state index < -0.39 is 0 Å². The lowest BCUT2D eigenvalue weighted by Gasteiger charge is -2.17. The lowest BCUT2D eigenvalue weighted by molar-refractivity contribution is 0.214. The molecule has 1 aromatic carbocycles. The summed E-state index contributed by atoms with van der Waals surface area (Å²) in [6.45, 7) is 8.48. The second-order valence-electron chi connectivity index (χ2n) is 4.99. The third-order valence-corrected chi connectivity index (χ3v) is 3.26. The Morgan fingerprint density at radius 1 is 1.30 bits per heavy atom. The van der Waals surface area contributed by atoms with Gasteiger partial charge >= 0.3 is 0 Å². The van der Waals surface area contributed by atoms with E-state index in [1.807, 2.05) is 26.0 Å². The third kappa shape index (κ3) is 2.99. The summed E-state index contributed by atoms with van der Waals surface area (Å²) in [6.07, 6.45) is 1.18. The first-order valence-corrected chi connectivity index (χ1v) is 6.86. The molecule has 2 aromatic rings. The average Bonchev–Trinajstić information content (AvgIpc) is 2.91. The van der Waals surface area contributed by atoms with E-state index >= 15 is 0 Å². The summed E-state index contributed by atoms with van der Waals surface area (Å²) < 4.78 is 11.0. The van der Waals surface area contributed by atoms with Gasteiger partial charge in [-0.2, -0.15) is 4.98 Å². The number of aromatic nitrogens is 2. The highest BCUT2D eigenvalue weighted by Crippen LogP contribution is 2.30. The molecule has 0 bridgehead atoms. The number of benzene rings is 1. The highest BCUT2D eigenvalue weighted by atomic mass is 16.5. The number of rotatable bonds is 5. The van der Waals surface area contributed by atoms with Crippen molar-refractivity contribution < 1.29 is 9.26 Å². The second kappa shape index (κ2) is 6.05. The second-order valence-corrected chi connectivity index (χ2v) is 4.99. The maximum atomic E-state index is 5.96. The van der Waals surface area contributed by atoms with Crippen LogP contribution in [0.1, 0.15) is 37.3 Å². The molecule has 2 rings (SSSR count). The van der Waals surface area contributed by atoms with Crippen molar-refractivity contribution in [1.29, 1.82) is 0 Å². The van der Waals surface area contributed by atoms with Crippen LogP contribution in [0, 0.1) is 13.8 Å². The van der Waals surface area contributed by atoms with E-state index in [4.69, 9.17) is 15.0 Å². The molecule has 0 aliphatic rings. The van der Waals surface area contributed by atoms with Crippen LogP contribution in [0.4, 0.5) is 0 Å². The van der Waals surface area contributed by atoms with Crippen molar-refractivity contribution in [2.24, 2.45) is 5.73 Å². The maximum absolute atomic E-state index is 5.96. The Bertz CT molecular complexity index is 570. The van der Waals surface area contributed by atoms with Gasteiger partial charge in [0, 0.05) is 5.56 Å². The van der Waals surface area contributed by atoms with E-state index in [0.717, 1.165) is 28.9 Å². The quantitative estimate of drug-likeness (QED) is 0.908. The Hall–Kier alpha value is -1.88. The molecule has 0 saturated heterocycles. The SMILES string of the molecule is CCC(C)Oc1c(C)cc(-c2noc(CN)n2)cc1C. The van der Waals surface area contributed by atoms with Crippen LogP contribution in [0.2, 0.25) is 0 Å². The monoisotopic (exact) mass is 275 g/mol. The Labute approximate surface area is 119 Å².